The SMILES string of the molecule is Cc1cc(Cl)cc(C)c1Oc1cc(C(C)N)ccn1. The van der Waals surface area contributed by atoms with Crippen LogP contribution in [0.2, 0.25) is 5.02 Å². The van der Waals surface area contributed by atoms with Gasteiger partial charge in [-0.05, 0) is 55.7 Å². The maximum absolute atomic E-state index is 6.00. The van der Waals surface area contributed by atoms with Crippen LogP contribution in [0.25, 0.3) is 0 Å². The molecule has 0 spiro atoms. The first-order valence-corrected chi connectivity index (χ1v) is 6.51. The number of hydrogen-bond acceptors (Lipinski definition) is 3. The van der Waals surface area contributed by atoms with Crippen LogP contribution in [0.5, 0.6) is 11.6 Å². The predicted molar refractivity (Wildman–Crippen MR) is 77.8 cm³/mol. The smallest absolute Gasteiger partial charge is 0.219 e. The minimum atomic E-state index is -0.0437. The van der Waals surface area contributed by atoms with E-state index in [0.29, 0.717) is 10.9 Å². The molecule has 0 aliphatic rings. The lowest BCUT2D eigenvalue weighted by Crippen LogP contribution is -2.05. The zero-order valence-electron chi connectivity index (χ0n) is 11.3. The van der Waals surface area contributed by atoms with Gasteiger partial charge in [0.15, 0.2) is 0 Å². The molecule has 0 aliphatic carbocycles. The Morgan fingerprint density at radius 3 is 2.42 bits per heavy atom. The topological polar surface area (TPSA) is 48.1 Å². The van der Waals surface area contributed by atoms with Crippen LogP contribution in [0.4, 0.5) is 0 Å². The van der Waals surface area contributed by atoms with Crippen molar-refractivity contribution in [1.82, 2.24) is 4.98 Å². The molecule has 0 fully saturated rings. The fourth-order valence-electron chi connectivity index (χ4n) is 1.93. The third-order valence-corrected chi connectivity index (χ3v) is 3.13. The summed E-state index contributed by atoms with van der Waals surface area (Å²) in [5, 5.41) is 0.708. The first kappa shape index (κ1) is 13.8. The Bertz CT molecular complexity index is 573. The molecule has 0 radical (unpaired) electrons. The molecular weight excluding hydrogens is 260 g/mol. The molecule has 1 aromatic heterocycles. The number of halogens is 1. The van der Waals surface area contributed by atoms with Crippen LogP contribution in [0.15, 0.2) is 30.5 Å². The quantitative estimate of drug-likeness (QED) is 0.915. The summed E-state index contributed by atoms with van der Waals surface area (Å²) in [5.41, 5.74) is 8.82. The van der Waals surface area contributed by atoms with Gasteiger partial charge in [0.05, 0.1) is 0 Å². The van der Waals surface area contributed by atoms with Gasteiger partial charge in [-0.15, -0.1) is 0 Å². The van der Waals surface area contributed by atoms with Crippen LogP contribution in [-0.2, 0) is 0 Å². The first-order chi connectivity index (χ1) is 8.97. The third kappa shape index (κ3) is 3.25. The van der Waals surface area contributed by atoms with Crippen molar-refractivity contribution in [2.75, 3.05) is 0 Å². The minimum Gasteiger partial charge on any atom is -0.438 e. The van der Waals surface area contributed by atoms with E-state index in [1.54, 1.807) is 6.20 Å². The number of ether oxygens (including phenoxy) is 1. The maximum atomic E-state index is 6.00. The van der Waals surface area contributed by atoms with Gasteiger partial charge in [-0.2, -0.15) is 0 Å². The molecule has 1 unspecified atom stereocenters. The highest BCUT2D eigenvalue weighted by atomic mass is 35.5. The van der Waals surface area contributed by atoms with Gasteiger partial charge < -0.3 is 10.5 Å². The Labute approximate surface area is 118 Å². The van der Waals surface area contributed by atoms with E-state index in [4.69, 9.17) is 22.1 Å². The standard InChI is InChI=1S/C15H17ClN2O/c1-9-6-13(16)7-10(2)15(9)19-14-8-12(11(3)17)4-5-18-14/h4-8,11H,17H2,1-3H3. The molecule has 0 amide bonds. The molecule has 0 saturated heterocycles. The van der Waals surface area contributed by atoms with Gasteiger partial charge in [0.1, 0.15) is 5.75 Å². The average molecular weight is 277 g/mol. The predicted octanol–water partition coefficient (Wildman–Crippen LogP) is 4.16. The van der Waals surface area contributed by atoms with Crippen molar-refractivity contribution in [1.29, 1.82) is 0 Å². The van der Waals surface area contributed by atoms with Crippen molar-refractivity contribution in [3.8, 4) is 11.6 Å². The lowest BCUT2D eigenvalue weighted by Gasteiger charge is -2.13. The molecule has 19 heavy (non-hydrogen) atoms. The maximum Gasteiger partial charge on any atom is 0.219 e. The molecule has 0 aliphatic heterocycles. The van der Waals surface area contributed by atoms with Crippen LogP contribution in [0, 0.1) is 13.8 Å². The van der Waals surface area contributed by atoms with Crippen molar-refractivity contribution in [3.63, 3.8) is 0 Å². The van der Waals surface area contributed by atoms with E-state index in [9.17, 15) is 0 Å². The molecule has 3 nitrogen and oxygen atoms in total. The van der Waals surface area contributed by atoms with E-state index < -0.39 is 0 Å². The van der Waals surface area contributed by atoms with Crippen molar-refractivity contribution >= 4 is 11.6 Å². The number of nitrogens with zero attached hydrogens (tertiary/aromatic N) is 1. The van der Waals surface area contributed by atoms with Gasteiger partial charge in [-0.3, -0.25) is 0 Å². The van der Waals surface area contributed by atoms with E-state index >= 15 is 0 Å². The summed E-state index contributed by atoms with van der Waals surface area (Å²) in [6.07, 6.45) is 1.70. The summed E-state index contributed by atoms with van der Waals surface area (Å²) < 4.78 is 5.86. The Morgan fingerprint density at radius 1 is 1.21 bits per heavy atom. The first-order valence-electron chi connectivity index (χ1n) is 6.13. The highest BCUT2D eigenvalue weighted by Crippen LogP contribution is 2.31. The zero-order valence-corrected chi connectivity index (χ0v) is 12.0. The van der Waals surface area contributed by atoms with Gasteiger partial charge in [-0.25, -0.2) is 4.98 Å². The monoisotopic (exact) mass is 276 g/mol. The highest BCUT2D eigenvalue weighted by Gasteiger charge is 2.09. The summed E-state index contributed by atoms with van der Waals surface area (Å²) in [6.45, 7) is 5.85. The van der Waals surface area contributed by atoms with E-state index in [1.165, 1.54) is 0 Å². The lowest BCUT2D eigenvalue weighted by molar-refractivity contribution is 0.454. The molecule has 2 N–H and O–H groups in total. The molecule has 0 saturated carbocycles. The Morgan fingerprint density at radius 2 is 1.84 bits per heavy atom. The molecule has 100 valence electrons. The Kier molecular flexibility index (Phi) is 4.08. The van der Waals surface area contributed by atoms with Crippen molar-refractivity contribution in [2.45, 2.75) is 26.8 Å². The zero-order chi connectivity index (χ0) is 14.0. The van der Waals surface area contributed by atoms with Gasteiger partial charge in [-0.1, -0.05) is 11.6 Å². The minimum absolute atomic E-state index is 0.0437. The molecule has 2 aromatic rings. The van der Waals surface area contributed by atoms with Gasteiger partial charge in [0.25, 0.3) is 0 Å². The molecule has 0 bridgehead atoms. The molecule has 4 heteroatoms. The van der Waals surface area contributed by atoms with Crippen LogP contribution in [0.3, 0.4) is 0 Å². The van der Waals surface area contributed by atoms with Crippen LogP contribution in [-0.4, -0.2) is 4.98 Å². The number of hydrogen-bond donors (Lipinski definition) is 1. The normalized spacial score (nSPS) is 12.3. The van der Waals surface area contributed by atoms with Crippen molar-refractivity contribution < 1.29 is 4.74 Å². The number of aryl methyl sites for hydroxylation is 2. The number of benzene rings is 1. The lowest BCUT2D eigenvalue weighted by atomic mass is 10.1. The Balaban J connectivity index is 2.34. The number of nitrogens with two attached hydrogens (primary N) is 1. The largest absolute Gasteiger partial charge is 0.438 e. The highest BCUT2D eigenvalue weighted by molar-refractivity contribution is 6.30. The van der Waals surface area contributed by atoms with Crippen LogP contribution < -0.4 is 10.5 Å². The second-order valence-corrected chi connectivity index (χ2v) is 5.12. The molecule has 1 aromatic carbocycles. The number of aromatic nitrogens is 1. The van der Waals surface area contributed by atoms with Crippen molar-refractivity contribution in [2.24, 2.45) is 5.73 Å². The fraction of sp³-hybridized carbons (Fsp3) is 0.267. The van der Waals surface area contributed by atoms with Crippen molar-refractivity contribution in [3.05, 3.63) is 52.2 Å². The molecule has 2 rings (SSSR count). The summed E-state index contributed by atoms with van der Waals surface area (Å²) in [5.74, 6) is 1.34. The van der Waals surface area contributed by atoms with Gasteiger partial charge >= 0.3 is 0 Å². The van der Waals surface area contributed by atoms with Crippen LogP contribution in [0.1, 0.15) is 29.7 Å². The second-order valence-electron chi connectivity index (χ2n) is 4.69. The summed E-state index contributed by atoms with van der Waals surface area (Å²) >= 11 is 6.00. The summed E-state index contributed by atoms with van der Waals surface area (Å²) in [7, 11) is 0. The van der Waals surface area contributed by atoms with Crippen LogP contribution >= 0.6 is 11.6 Å². The summed E-state index contributed by atoms with van der Waals surface area (Å²) in [4.78, 5) is 4.21. The third-order valence-electron chi connectivity index (χ3n) is 2.92. The van der Waals surface area contributed by atoms with Gasteiger partial charge in [0.2, 0.25) is 5.88 Å². The van der Waals surface area contributed by atoms with E-state index in [-0.39, 0.29) is 6.04 Å². The van der Waals surface area contributed by atoms with E-state index in [2.05, 4.69) is 4.98 Å². The molecule has 1 atom stereocenters. The second kappa shape index (κ2) is 5.59. The average Bonchev–Trinajstić information content (AvgIpc) is 2.34. The number of rotatable bonds is 3. The van der Waals surface area contributed by atoms with Gasteiger partial charge in [0, 0.05) is 23.3 Å². The van der Waals surface area contributed by atoms with E-state index in [1.807, 2.05) is 45.0 Å². The van der Waals surface area contributed by atoms with E-state index in [0.717, 1.165) is 22.4 Å². The fourth-order valence-corrected chi connectivity index (χ4v) is 2.25. The summed E-state index contributed by atoms with van der Waals surface area (Å²) in [6, 6.07) is 7.45. The number of pyridine rings is 1. The Hall–Kier alpha value is -1.58. The molecule has 1 heterocycles. The molecular formula is C15H17ClN2O.